The van der Waals surface area contributed by atoms with Crippen LogP contribution in [0.15, 0.2) is 70.6 Å². The summed E-state index contributed by atoms with van der Waals surface area (Å²) in [6.45, 7) is 1.64. The molecule has 0 amide bonds. The van der Waals surface area contributed by atoms with Crippen molar-refractivity contribution < 1.29 is 8.42 Å². The van der Waals surface area contributed by atoms with Crippen LogP contribution in [0.1, 0.15) is 6.42 Å². The lowest BCUT2D eigenvalue weighted by Gasteiger charge is -2.18. The molecule has 8 heteroatoms. The SMILES string of the molecule is Cl.N[C@@H]1CCN(c2ccc3[nH]nc(S(=O)(=O)c4cccc5ccccc45)c3c2)C1. The van der Waals surface area contributed by atoms with Gasteiger partial charge in [-0.3, -0.25) is 5.10 Å². The van der Waals surface area contributed by atoms with Crippen LogP contribution >= 0.6 is 12.4 Å². The van der Waals surface area contributed by atoms with Crippen molar-refractivity contribution in [1.82, 2.24) is 10.2 Å². The Morgan fingerprint density at radius 1 is 1.03 bits per heavy atom. The predicted octanol–water partition coefficient (Wildman–Crippen LogP) is 3.51. The number of nitrogens with one attached hydrogen (secondary N) is 1. The molecule has 4 aromatic rings. The maximum Gasteiger partial charge on any atom is 0.226 e. The van der Waals surface area contributed by atoms with E-state index in [9.17, 15) is 8.42 Å². The Morgan fingerprint density at radius 3 is 2.62 bits per heavy atom. The zero-order chi connectivity index (χ0) is 19.3. The molecule has 0 aliphatic carbocycles. The average Bonchev–Trinajstić information content (AvgIpc) is 3.33. The fourth-order valence-corrected chi connectivity index (χ4v) is 5.50. The van der Waals surface area contributed by atoms with E-state index in [1.165, 1.54) is 0 Å². The Kier molecular flexibility index (Phi) is 4.98. The summed E-state index contributed by atoms with van der Waals surface area (Å²) in [6, 6.07) is 18.7. The van der Waals surface area contributed by atoms with E-state index in [4.69, 9.17) is 5.73 Å². The summed E-state index contributed by atoms with van der Waals surface area (Å²) in [5, 5.41) is 9.29. The number of hydrogen-bond donors (Lipinski definition) is 2. The highest BCUT2D eigenvalue weighted by Gasteiger charge is 2.27. The molecule has 3 aromatic carbocycles. The standard InChI is InChI=1S/C21H20N4O2S.ClH/c22-15-10-11-25(13-15)16-8-9-19-18(12-16)21(24-23-19)28(26,27)20-7-3-5-14-4-1-2-6-17(14)20;/h1-9,12,15H,10-11,13,22H2,(H,23,24);1H/t15-;/m1./s1. The van der Waals surface area contributed by atoms with Crippen LogP contribution in [0.2, 0.25) is 0 Å². The first kappa shape index (κ1) is 19.7. The molecule has 1 fully saturated rings. The zero-order valence-corrected chi connectivity index (χ0v) is 17.2. The number of rotatable bonds is 3. The van der Waals surface area contributed by atoms with Gasteiger partial charge in [-0.05, 0) is 36.1 Å². The average molecular weight is 429 g/mol. The van der Waals surface area contributed by atoms with Crippen LogP contribution in [0.4, 0.5) is 5.69 Å². The Bertz CT molecular complexity index is 1300. The van der Waals surface area contributed by atoms with Gasteiger partial charge in [-0.2, -0.15) is 5.10 Å². The molecule has 6 nitrogen and oxygen atoms in total. The van der Waals surface area contributed by atoms with Crippen molar-refractivity contribution in [3.63, 3.8) is 0 Å². The normalized spacial score (nSPS) is 17.0. The van der Waals surface area contributed by atoms with E-state index < -0.39 is 9.84 Å². The number of H-pyrrole nitrogens is 1. The minimum atomic E-state index is -3.79. The van der Waals surface area contributed by atoms with Gasteiger partial charge in [0, 0.05) is 35.6 Å². The molecule has 1 aliphatic heterocycles. The molecular formula is C21H21ClN4O2S. The molecule has 1 atom stereocenters. The summed E-state index contributed by atoms with van der Waals surface area (Å²) in [6.07, 6.45) is 0.935. The third kappa shape index (κ3) is 3.25. The quantitative estimate of drug-likeness (QED) is 0.521. The van der Waals surface area contributed by atoms with E-state index in [-0.39, 0.29) is 28.4 Å². The van der Waals surface area contributed by atoms with E-state index in [1.54, 1.807) is 12.1 Å². The van der Waals surface area contributed by atoms with Gasteiger partial charge in [0.25, 0.3) is 0 Å². The summed E-state index contributed by atoms with van der Waals surface area (Å²) in [4.78, 5) is 2.46. The first-order chi connectivity index (χ1) is 13.5. The third-order valence-electron chi connectivity index (χ3n) is 5.40. The number of aromatic nitrogens is 2. The second-order valence-electron chi connectivity index (χ2n) is 7.23. The smallest absolute Gasteiger partial charge is 0.226 e. The molecule has 0 bridgehead atoms. The molecule has 0 unspecified atom stereocenters. The Balaban J connectivity index is 0.00000205. The van der Waals surface area contributed by atoms with Crippen molar-refractivity contribution in [1.29, 1.82) is 0 Å². The van der Waals surface area contributed by atoms with Gasteiger partial charge < -0.3 is 10.6 Å². The topological polar surface area (TPSA) is 92.1 Å². The minimum absolute atomic E-state index is 0. The fraction of sp³-hybridized carbons (Fsp3) is 0.190. The first-order valence-corrected chi connectivity index (χ1v) is 10.7. The summed E-state index contributed by atoms with van der Waals surface area (Å²) >= 11 is 0. The number of sulfone groups is 1. The van der Waals surface area contributed by atoms with Crippen LogP contribution in [0.3, 0.4) is 0 Å². The number of benzene rings is 3. The molecule has 1 aliphatic rings. The summed E-state index contributed by atoms with van der Waals surface area (Å²) in [5.74, 6) is 0. The highest BCUT2D eigenvalue weighted by atomic mass is 35.5. The largest absolute Gasteiger partial charge is 0.370 e. The van der Waals surface area contributed by atoms with Gasteiger partial charge in [0.15, 0.2) is 5.03 Å². The third-order valence-corrected chi connectivity index (χ3v) is 7.15. The number of nitrogens with zero attached hydrogens (tertiary/aromatic N) is 2. The number of aromatic amines is 1. The molecule has 29 heavy (non-hydrogen) atoms. The van der Waals surface area contributed by atoms with Gasteiger partial charge in [0.2, 0.25) is 9.84 Å². The van der Waals surface area contributed by atoms with Gasteiger partial charge in [-0.25, -0.2) is 8.42 Å². The summed E-state index contributed by atoms with van der Waals surface area (Å²) in [7, 11) is -3.79. The summed E-state index contributed by atoms with van der Waals surface area (Å²) < 4.78 is 27.0. The van der Waals surface area contributed by atoms with Gasteiger partial charge >= 0.3 is 0 Å². The van der Waals surface area contributed by atoms with E-state index in [0.29, 0.717) is 16.3 Å². The van der Waals surface area contributed by atoms with Crippen LogP contribution in [0.5, 0.6) is 0 Å². The van der Waals surface area contributed by atoms with Crippen molar-refractivity contribution in [2.24, 2.45) is 5.73 Å². The van der Waals surface area contributed by atoms with Crippen molar-refractivity contribution in [3.05, 3.63) is 60.7 Å². The molecule has 1 aromatic heterocycles. The highest BCUT2D eigenvalue weighted by molar-refractivity contribution is 7.91. The number of anilines is 1. The van der Waals surface area contributed by atoms with Gasteiger partial charge in [0.1, 0.15) is 0 Å². The lowest BCUT2D eigenvalue weighted by atomic mass is 10.1. The van der Waals surface area contributed by atoms with E-state index in [1.807, 2.05) is 48.5 Å². The van der Waals surface area contributed by atoms with Crippen molar-refractivity contribution in [2.45, 2.75) is 22.4 Å². The van der Waals surface area contributed by atoms with Crippen molar-refractivity contribution in [3.8, 4) is 0 Å². The number of fused-ring (bicyclic) bond motifs is 2. The van der Waals surface area contributed by atoms with Gasteiger partial charge in [-0.15, -0.1) is 12.4 Å². The van der Waals surface area contributed by atoms with Gasteiger partial charge in [0.05, 0.1) is 10.4 Å². The monoisotopic (exact) mass is 428 g/mol. The van der Waals surface area contributed by atoms with Crippen LogP contribution in [0.25, 0.3) is 21.7 Å². The number of nitrogens with two attached hydrogens (primary N) is 1. The maximum atomic E-state index is 13.5. The van der Waals surface area contributed by atoms with E-state index in [2.05, 4.69) is 15.1 Å². The first-order valence-electron chi connectivity index (χ1n) is 9.25. The highest BCUT2D eigenvalue weighted by Crippen LogP contribution is 2.33. The lowest BCUT2D eigenvalue weighted by molar-refractivity contribution is 0.593. The second kappa shape index (κ2) is 7.33. The number of halogens is 1. The maximum absolute atomic E-state index is 13.5. The van der Waals surface area contributed by atoms with Crippen molar-refractivity contribution in [2.75, 3.05) is 18.0 Å². The van der Waals surface area contributed by atoms with E-state index in [0.717, 1.165) is 30.6 Å². The molecule has 3 N–H and O–H groups in total. The van der Waals surface area contributed by atoms with Crippen LogP contribution < -0.4 is 10.6 Å². The molecule has 5 rings (SSSR count). The Hall–Kier alpha value is -2.61. The van der Waals surface area contributed by atoms with Gasteiger partial charge in [-0.1, -0.05) is 36.4 Å². The molecule has 150 valence electrons. The minimum Gasteiger partial charge on any atom is -0.370 e. The Morgan fingerprint density at radius 2 is 1.83 bits per heavy atom. The second-order valence-corrected chi connectivity index (χ2v) is 9.07. The van der Waals surface area contributed by atoms with Crippen LogP contribution in [0, 0.1) is 0 Å². The molecule has 0 saturated carbocycles. The molecule has 2 heterocycles. The fourth-order valence-electron chi connectivity index (χ4n) is 3.94. The van der Waals surface area contributed by atoms with E-state index >= 15 is 0 Å². The summed E-state index contributed by atoms with van der Waals surface area (Å²) in [5.41, 5.74) is 7.70. The number of hydrogen-bond acceptors (Lipinski definition) is 5. The predicted molar refractivity (Wildman–Crippen MR) is 118 cm³/mol. The zero-order valence-electron chi connectivity index (χ0n) is 15.6. The van der Waals surface area contributed by atoms with Crippen molar-refractivity contribution >= 4 is 49.6 Å². The lowest BCUT2D eigenvalue weighted by Crippen LogP contribution is -2.26. The van der Waals surface area contributed by atoms with Crippen LogP contribution in [-0.2, 0) is 9.84 Å². The Labute approximate surface area is 175 Å². The molecule has 0 radical (unpaired) electrons. The molecule has 0 spiro atoms. The van der Waals surface area contributed by atoms with Crippen LogP contribution in [-0.4, -0.2) is 37.7 Å². The molecule has 1 saturated heterocycles. The molecular weight excluding hydrogens is 408 g/mol.